The lowest BCUT2D eigenvalue weighted by Gasteiger charge is -2.03. The highest BCUT2D eigenvalue weighted by molar-refractivity contribution is 5.88. The molecule has 0 aliphatic rings. The van der Waals surface area contributed by atoms with Gasteiger partial charge in [0.05, 0.1) is 5.56 Å². The largest absolute Gasteiger partial charge is 0.478 e. The molecule has 0 saturated carbocycles. The van der Waals surface area contributed by atoms with Crippen molar-refractivity contribution in [2.45, 2.75) is 6.54 Å². The van der Waals surface area contributed by atoms with Gasteiger partial charge in [0.1, 0.15) is 0 Å². The van der Waals surface area contributed by atoms with E-state index >= 15 is 0 Å². The number of rotatable bonds is 5. The summed E-state index contributed by atoms with van der Waals surface area (Å²) in [5, 5.41) is 11.4. The van der Waals surface area contributed by atoms with Crippen LogP contribution in [0.2, 0.25) is 0 Å². The maximum absolute atomic E-state index is 11.2. The van der Waals surface area contributed by atoms with Gasteiger partial charge >= 0.3 is 5.97 Å². The summed E-state index contributed by atoms with van der Waals surface area (Å²) in [6, 6.07) is 6.41. The normalized spacial score (nSPS) is 10.4. The average Bonchev–Trinajstić information content (AvgIpc) is 2.34. The molecule has 0 bridgehead atoms. The van der Waals surface area contributed by atoms with E-state index in [1.807, 2.05) is 0 Å². The molecule has 0 fully saturated rings. The highest BCUT2D eigenvalue weighted by atomic mass is 16.4. The molecule has 1 aromatic carbocycles. The van der Waals surface area contributed by atoms with Crippen molar-refractivity contribution in [2.24, 2.45) is 5.73 Å². The summed E-state index contributed by atoms with van der Waals surface area (Å²) in [6.07, 6.45) is 2.89. The zero-order chi connectivity index (χ0) is 12.7. The molecule has 0 heterocycles. The average molecular weight is 234 g/mol. The highest BCUT2D eigenvalue weighted by Crippen LogP contribution is 2.04. The highest BCUT2D eigenvalue weighted by Gasteiger charge is 2.03. The molecule has 4 N–H and O–H groups in total. The van der Waals surface area contributed by atoms with E-state index in [1.165, 1.54) is 18.2 Å². The van der Waals surface area contributed by atoms with E-state index in [2.05, 4.69) is 5.32 Å². The van der Waals surface area contributed by atoms with Crippen molar-refractivity contribution in [3.05, 3.63) is 47.5 Å². The first-order valence-electron chi connectivity index (χ1n) is 5.10. The van der Waals surface area contributed by atoms with Crippen LogP contribution in [0.15, 0.2) is 36.4 Å². The number of carbonyl (C=O) groups excluding carboxylic acids is 1. The van der Waals surface area contributed by atoms with Crippen molar-refractivity contribution in [1.29, 1.82) is 0 Å². The monoisotopic (exact) mass is 234 g/mol. The fraction of sp³-hybridized carbons (Fsp3) is 0.167. The fourth-order valence-corrected chi connectivity index (χ4v) is 1.24. The van der Waals surface area contributed by atoms with Crippen LogP contribution in [0, 0.1) is 0 Å². The first-order valence-corrected chi connectivity index (χ1v) is 5.10. The van der Waals surface area contributed by atoms with Gasteiger partial charge in [-0.05, 0) is 17.7 Å². The Hall–Kier alpha value is -2.14. The van der Waals surface area contributed by atoms with Gasteiger partial charge in [0.2, 0.25) is 5.91 Å². The number of carbonyl (C=O) groups is 2. The van der Waals surface area contributed by atoms with Gasteiger partial charge in [-0.25, -0.2) is 4.79 Å². The van der Waals surface area contributed by atoms with Crippen molar-refractivity contribution in [3.63, 3.8) is 0 Å². The van der Waals surface area contributed by atoms with Gasteiger partial charge in [-0.1, -0.05) is 18.2 Å². The molecule has 0 aliphatic heterocycles. The predicted molar refractivity (Wildman–Crippen MR) is 63.4 cm³/mol. The van der Waals surface area contributed by atoms with Crippen molar-refractivity contribution in [1.82, 2.24) is 5.32 Å². The quantitative estimate of drug-likeness (QED) is 0.647. The number of carboxylic acids is 1. The maximum Gasteiger partial charge on any atom is 0.335 e. The second-order valence-electron chi connectivity index (χ2n) is 3.36. The molecule has 90 valence electrons. The number of hydrogen-bond acceptors (Lipinski definition) is 3. The first-order chi connectivity index (χ1) is 8.13. The molecule has 0 atom stereocenters. The summed E-state index contributed by atoms with van der Waals surface area (Å²) < 4.78 is 0. The molecule has 1 rings (SSSR count). The number of hydrogen-bond donors (Lipinski definition) is 3. The third kappa shape index (κ3) is 4.48. The molecule has 0 spiro atoms. The van der Waals surface area contributed by atoms with Crippen LogP contribution in [0.25, 0.3) is 0 Å². The predicted octanol–water partition coefficient (Wildman–Crippen LogP) is 0.516. The van der Waals surface area contributed by atoms with Crippen LogP contribution >= 0.6 is 0 Å². The number of aromatic carboxylic acids is 1. The molecule has 0 unspecified atom stereocenters. The zero-order valence-electron chi connectivity index (χ0n) is 9.22. The van der Waals surface area contributed by atoms with Crippen LogP contribution in [0.4, 0.5) is 0 Å². The topological polar surface area (TPSA) is 92.4 Å². The van der Waals surface area contributed by atoms with Crippen molar-refractivity contribution >= 4 is 11.9 Å². The van der Waals surface area contributed by atoms with Crippen molar-refractivity contribution in [2.75, 3.05) is 6.54 Å². The van der Waals surface area contributed by atoms with Gasteiger partial charge in [-0.15, -0.1) is 0 Å². The van der Waals surface area contributed by atoms with Crippen LogP contribution < -0.4 is 11.1 Å². The summed E-state index contributed by atoms with van der Waals surface area (Å²) in [7, 11) is 0. The SMILES string of the molecule is NC/C=C/C(=O)NCc1cccc(C(=O)O)c1. The number of amides is 1. The summed E-state index contributed by atoms with van der Waals surface area (Å²) in [4.78, 5) is 21.9. The Balaban J connectivity index is 2.57. The minimum absolute atomic E-state index is 0.203. The Bertz CT molecular complexity index is 441. The van der Waals surface area contributed by atoms with E-state index in [9.17, 15) is 9.59 Å². The number of nitrogens with one attached hydrogen (secondary N) is 1. The minimum atomic E-state index is -0.985. The summed E-state index contributed by atoms with van der Waals surface area (Å²) in [6.45, 7) is 0.594. The van der Waals surface area contributed by atoms with Crippen molar-refractivity contribution in [3.8, 4) is 0 Å². The second kappa shape index (κ2) is 6.44. The second-order valence-corrected chi connectivity index (χ2v) is 3.36. The van der Waals surface area contributed by atoms with Gasteiger partial charge in [0, 0.05) is 19.2 Å². The lowest BCUT2D eigenvalue weighted by molar-refractivity contribution is -0.116. The number of carboxylic acid groups (broad SMARTS) is 1. The Kier molecular flexibility index (Phi) is 4.90. The van der Waals surface area contributed by atoms with E-state index < -0.39 is 5.97 Å². The van der Waals surface area contributed by atoms with E-state index in [4.69, 9.17) is 10.8 Å². The Morgan fingerprint density at radius 1 is 1.41 bits per heavy atom. The van der Waals surface area contributed by atoms with Gasteiger partial charge in [-0.3, -0.25) is 4.79 Å². The van der Waals surface area contributed by atoms with E-state index in [0.29, 0.717) is 6.54 Å². The molecule has 5 heteroatoms. The third-order valence-corrected chi connectivity index (χ3v) is 2.05. The molecule has 0 aromatic heterocycles. The smallest absolute Gasteiger partial charge is 0.335 e. The summed E-state index contributed by atoms with van der Waals surface area (Å²) >= 11 is 0. The zero-order valence-corrected chi connectivity index (χ0v) is 9.22. The standard InChI is InChI=1S/C12H14N2O3/c13-6-2-5-11(15)14-8-9-3-1-4-10(7-9)12(16)17/h1-5,7H,6,8,13H2,(H,14,15)(H,16,17)/b5-2+. The maximum atomic E-state index is 11.2. The van der Waals surface area contributed by atoms with Crippen LogP contribution in [-0.2, 0) is 11.3 Å². The molecule has 0 radical (unpaired) electrons. The van der Waals surface area contributed by atoms with Gasteiger partial charge in [-0.2, -0.15) is 0 Å². The van der Waals surface area contributed by atoms with Crippen LogP contribution in [0.5, 0.6) is 0 Å². The van der Waals surface area contributed by atoms with Gasteiger partial charge in [0.25, 0.3) is 0 Å². The molecule has 1 amide bonds. The van der Waals surface area contributed by atoms with E-state index in [0.717, 1.165) is 5.56 Å². The Morgan fingerprint density at radius 3 is 2.82 bits per heavy atom. The molecular weight excluding hydrogens is 220 g/mol. The molecular formula is C12H14N2O3. The lowest BCUT2D eigenvalue weighted by Crippen LogP contribution is -2.20. The fourth-order valence-electron chi connectivity index (χ4n) is 1.24. The van der Waals surface area contributed by atoms with E-state index in [-0.39, 0.29) is 18.0 Å². The van der Waals surface area contributed by atoms with Crippen molar-refractivity contribution < 1.29 is 14.7 Å². The van der Waals surface area contributed by atoms with Gasteiger partial charge in [0.15, 0.2) is 0 Å². The van der Waals surface area contributed by atoms with E-state index in [1.54, 1.807) is 18.2 Å². The molecule has 0 aliphatic carbocycles. The molecule has 5 nitrogen and oxygen atoms in total. The minimum Gasteiger partial charge on any atom is -0.478 e. The number of benzene rings is 1. The van der Waals surface area contributed by atoms with Crippen LogP contribution in [0.3, 0.4) is 0 Å². The molecule has 17 heavy (non-hydrogen) atoms. The van der Waals surface area contributed by atoms with Crippen LogP contribution in [-0.4, -0.2) is 23.5 Å². The Morgan fingerprint density at radius 2 is 2.18 bits per heavy atom. The molecule has 0 saturated heterocycles. The van der Waals surface area contributed by atoms with Gasteiger partial charge < -0.3 is 16.2 Å². The Labute approximate surface area is 98.9 Å². The summed E-state index contributed by atoms with van der Waals surface area (Å²) in [5.41, 5.74) is 6.14. The first kappa shape index (κ1) is 12.9. The summed E-state index contributed by atoms with van der Waals surface area (Å²) in [5.74, 6) is -1.24. The number of nitrogens with two attached hydrogens (primary N) is 1. The third-order valence-electron chi connectivity index (χ3n) is 2.05. The lowest BCUT2D eigenvalue weighted by atomic mass is 10.1. The molecule has 1 aromatic rings. The van der Waals surface area contributed by atoms with Crippen LogP contribution in [0.1, 0.15) is 15.9 Å².